The highest BCUT2D eigenvalue weighted by atomic mass is 19.1. The molecule has 0 aliphatic heterocycles. The highest BCUT2D eigenvalue weighted by Crippen LogP contribution is 2.18. The number of fused-ring (bicyclic) bond motifs is 2. The van der Waals surface area contributed by atoms with E-state index in [4.69, 9.17) is 0 Å². The van der Waals surface area contributed by atoms with Gasteiger partial charge in [0.1, 0.15) is 17.3 Å². The quantitative estimate of drug-likeness (QED) is 0.478. The van der Waals surface area contributed by atoms with E-state index in [2.05, 4.69) is 25.4 Å². The molecule has 4 rings (SSSR count). The summed E-state index contributed by atoms with van der Waals surface area (Å²) < 4.78 is 15.3. The smallest absolute Gasteiger partial charge is 0.286 e. The highest BCUT2D eigenvalue weighted by Gasteiger charge is 2.14. The van der Waals surface area contributed by atoms with Crippen LogP contribution in [0.4, 0.5) is 4.39 Å². The van der Waals surface area contributed by atoms with Crippen molar-refractivity contribution in [2.45, 2.75) is 20.4 Å². The van der Waals surface area contributed by atoms with E-state index in [9.17, 15) is 14.0 Å². The SMILES string of the molecule is CCn1c(C)nc2cc(C(=O)NNC(=O)c3cc4cc(F)ccc4[nH]3)ccc21. The first kappa shape index (κ1) is 17.7. The summed E-state index contributed by atoms with van der Waals surface area (Å²) in [5.41, 5.74) is 7.64. The first-order chi connectivity index (χ1) is 13.5. The Morgan fingerprint density at radius 2 is 1.89 bits per heavy atom. The Labute approximate surface area is 159 Å². The van der Waals surface area contributed by atoms with Gasteiger partial charge in [0, 0.05) is 23.0 Å². The first-order valence-electron chi connectivity index (χ1n) is 8.82. The van der Waals surface area contributed by atoms with Crippen LogP contribution < -0.4 is 10.9 Å². The molecule has 0 saturated carbocycles. The molecule has 142 valence electrons. The number of H-pyrrole nitrogens is 1. The number of hydrogen-bond acceptors (Lipinski definition) is 3. The topological polar surface area (TPSA) is 91.8 Å². The molecule has 2 aromatic carbocycles. The molecule has 2 heterocycles. The van der Waals surface area contributed by atoms with Crippen LogP contribution in [0.3, 0.4) is 0 Å². The van der Waals surface area contributed by atoms with Crippen LogP contribution in [-0.4, -0.2) is 26.3 Å². The summed E-state index contributed by atoms with van der Waals surface area (Å²) in [7, 11) is 0. The average molecular weight is 379 g/mol. The molecule has 8 heteroatoms. The van der Waals surface area contributed by atoms with Crippen molar-refractivity contribution < 1.29 is 14.0 Å². The molecule has 0 saturated heterocycles. The van der Waals surface area contributed by atoms with Crippen molar-refractivity contribution in [3.05, 3.63) is 65.4 Å². The molecule has 0 fully saturated rings. The maximum atomic E-state index is 13.3. The van der Waals surface area contributed by atoms with Gasteiger partial charge in [0.05, 0.1) is 11.0 Å². The van der Waals surface area contributed by atoms with Crippen molar-refractivity contribution in [1.82, 2.24) is 25.4 Å². The van der Waals surface area contributed by atoms with E-state index in [0.29, 0.717) is 16.5 Å². The molecular weight excluding hydrogens is 361 g/mol. The Balaban J connectivity index is 1.48. The minimum absolute atomic E-state index is 0.216. The monoisotopic (exact) mass is 379 g/mol. The number of aryl methyl sites for hydroxylation is 2. The zero-order valence-corrected chi connectivity index (χ0v) is 15.3. The van der Waals surface area contributed by atoms with E-state index in [1.807, 2.05) is 19.9 Å². The number of carbonyl (C=O) groups excluding carboxylic acids is 2. The molecule has 0 radical (unpaired) electrons. The van der Waals surface area contributed by atoms with Gasteiger partial charge < -0.3 is 9.55 Å². The minimum Gasteiger partial charge on any atom is -0.350 e. The lowest BCUT2D eigenvalue weighted by molar-refractivity contribution is 0.0844. The molecule has 2 amide bonds. The van der Waals surface area contributed by atoms with Gasteiger partial charge in [0.25, 0.3) is 11.8 Å². The molecule has 0 aliphatic carbocycles. The van der Waals surface area contributed by atoms with Crippen LogP contribution in [0, 0.1) is 12.7 Å². The van der Waals surface area contributed by atoms with Crippen molar-refractivity contribution in [3.8, 4) is 0 Å². The van der Waals surface area contributed by atoms with Crippen LogP contribution in [0.1, 0.15) is 33.6 Å². The first-order valence-corrected chi connectivity index (χ1v) is 8.82. The number of carbonyl (C=O) groups is 2. The maximum absolute atomic E-state index is 13.3. The minimum atomic E-state index is -0.530. The van der Waals surface area contributed by atoms with E-state index in [1.54, 1.807) is 18.2 Å². The molecule has 7 nitrogen and oxygen atoms in total. The standard InChI is InChI=1S/C20H18FN5O2/c1-3-26-11(2)22-16-9-12(4-7-18(16)26)19(27)24-25-20(28)17-10-13-8-14(21)5-6-15(13)23-17/h4-10,23H,3H2,1-2H3,(H,24,27)(H,25,28). The molecule has 0 unspecified atom stereocenters. The van der Waals surface area contributed by atoms with Crippen molar-refractivity contribution >= 4 is 33.8 Å². The van der Waals surface area contributed by atoms with Gasteiger partial charge in [-0.05, 0) is 56.3 Å². The lowest BCUT2D eigenvalue weighted by Gasteiger charge is -2.07. The van der Waals surface area contributed by atoms with E-state index in [1.165, 1.54) is 18.2 Å². The Bertz CT molecular complexity index is 1220. The Morgan fingerprint density at radius 1 is 1.11 bits per heavy atom. The van der Waals surface area contributed by atoms with Crippen molar-refractivity contribution in [2.24, 2.45) is 0 Å². The van der Waals surface area contributed by atoms with Gasteiger partial charge >= 0.3 is 0 Å². The van der Waals surface area contributed by atoms with Gasteiger partial charge in [-0.15, -0.1) is 0 Å². The lowest BCUT2D eigenvalue weighted by Crippen LogP contribution is -2.41. The molecule has 2 aromatic heterocycles. The zero-order chi connectivity index (χ0) is 19.8. The number of aromatic amines is 1. The van der Waals surface area contributed by atoms with Crippen LogP contribution in [-0.2, 0) is 6.54 Å². The predicted molar refractivity (Wildman–Crippen MR) is 103 cm³/mol. The number of benzene rings is 2. The number of hydrogen-bond donors (Lipinski definition) is 3. The fraction of sp³-hybridized carbons (Fsp3) is 0.150. The molecule has 4 aromatic rings. The number of nitrogens with zero attached hydrogens (tertiary/aromatic N) is 2. The summed E-state index contributed by atoms with van der Waals surface area (Å²) >= 11 is 0. The summed E-state index contributed by atoms with van der Waals surface area (Å²) in [6.45, 7) is 4.73. The van der Waals surface area contributed by atoms with Crippen LogP contribution in [0.25, 0.3) is 21.9 Å². The number of rotatable bonds is 3. The van der Waals surface area contributed by atoms with Gasteiger partial charge in [-0.25, -0.2) is 9.37 Å². The summed E-state index contributed by atoms with van der Waals surface area (Å²) in [4.78, 5) is 32.0. The third-order valence-corrected chi connectivity index (χ3v) is 4.63. The fourth-order valence-corrected chi connectivity index (χ4v) is 3.27. The number of hydrazine groups is 1. The Morgan fingerprint density at radius 3 is 2.68 bits per heavy atom. The Kier molecular flexibility index (Phi) is 4.31. The third kappa shape index (κ3) is 3.09. The molecule has 0 spiro atoms. The van der Waals surface area contributed by atoms with Crippen LogP contribution in [0.15, 0.2) is 42.5 Å². The zero-order valence-electron chi connectivity index (χ0n) is 15.3. The van der Waals surface area contributed by atoms with E-state index in [-0.39, 0.29) is 11.5 Å². The second-order valence-electron chi connectivity index (χ2n) is 6.43. The number of halogens is 1. The van der Waals surface area contributed by atoms with Gasteiger partial charge in [-0.1, -0.05) is 0 Å². The van der Waals surface area contributed by atoms with Crippen LogP contribution in [0.5, 0.6) is 0 Å². The summed E-state index contributed by atoms with van der Waals surface area (Å²) in [6.07, 6.45) is 0. The lowest BCUT2D eigenvalue weighted by atomic mass is 10.2. The van der Waals surface area contributed by atoms with Crippen LogP contribution in [0.2, 0.25) is 0 Å². The number of amides is 2. The van der Waals surface area contributed by atoms with E-state index in [0.717, 1.165) is 23.4 Å². The summed E-state index contributed by atoms with van der Waals surface area (Å²) in [5.74, 6) is -0.500. The fourth-order valence-electron chi connectivity index (χ4n) is 3.27. The number of aromatic nitrogens is 3. The predicted octanol–water partition coefficient (Wildman–Crippen LogP) is 3.06. The van der Waals surface area contributed by atoms with Gasteiger partial charge in [-0.2, -0.15) is 0 Å². The van der Waals surface area contributed by atoms with Gasteiger partial charge in [0.15, 0.2) is 0 Å². The average Bonchev–Trinajstić information content (AvgIpc) is 3.24. The van der Waals surface area contributed by atoms with Crippen molar-refractivity contribution in [2.75, 3.05) is 0 Å². The second-order valence-corrected chi connectivity index (χ2v) is 6.43. The summed E-state index contributed by atoms with van der Waals surface area (Å²) in [6, 6.07) is 10.9. The van der Waals surface area contributed by atoms with E-state index < -0.39 is 11.8 Å². The number of imidazole rings is 1. The third-order valence-electron chi connectivity index (χ3n) is 4.63. The normalized spacial score (nSPS) is 11.1. The van der Waals surface area contributed by atoms with Crippen molar-refractivity contribution in [1.29, 1.82) is 0 Å². The molecule has 0 bridgehead atoms. The van der Waals surface area contributed by atoms with Gasteiger partial charge in [-0.3, -0.25) is 20.4 Å². The highest BCUT2D eigenvalue weighted by molar-refractivity contribution is 6.01. The number of nitrogens with one attached hydrogen (secondary N) is 3. The maximum Gasteiger partial charge on any atom is 0.286 e. The van der Waals surface area contributed by atoms with Crippen LogP contribution >= 0.6 is 0 Å². The largest absolute Gasteiger partial charge is 0.350 e. The second kappa shape index (κ2) is 6.80. The van der Waals surface area contributed by atoms with E-state index >= 15 is 0 Å². The molecule has 0 atom stereocenters. The molecule has 28 heavy (non-hydrogen) atoms. The molecule has 3 N–H and O–H groups in total. The molecular formula is C20H18FN5O2. The Hall–Kier alpha value is -3.68. The van der Waals surface area contributed by atoms with Crippen molar-refractivity contribution in [3.63, 3.8) is 0 Å². The molecule has 0 aliphatic rings. The summed E-state index contributed by atoms with van der Waals surface area (Å²) in [5, 5.41) is 0.573. The van der Waals surface area contributed by atoms with Gasteiger partial charge in [0.2, 0.25) is 0 Å².